The van der Waals surface area contributed by atoms with Crippen molar-refractivity contribution in [3.05, 3.63) is 83.9 Å². The number of anilines is 1. The maximum Gasteiger partial charge on any atom is 0.321 e. The number of rotatable bonds is 3. The highest BCUT2D eigenvalue weighted by atomic mass is 19.1. The molecule has 4 nitrogen and oxygen atoms in total. The second kappa shape index (κ2) is 7.19. The lowest BCUT2D eigenvalue weighted by Gasteiger charge is -2.39. The van der Waals surface area contributed by atoms with Crippen LogP contribution >= 0.6 is 0 Å². The monoisotopic (exact) mass is 361 g/mol. The lowest BCUT2D eigenvalue weighted by molar-refractivity contribution is 0.164. The Morgan fingerprint density at radius 3 is 2.48 bits per heavy atom. The third kappa shape index (κ3) is 3.67. The van der Waals surface area contributed by atoms with Crippen LogP contribution in [0.3, 0.4) is 0 Å². The van der Waals surface area contributed by atoms with E-state index in [1.54, 1.807) is 23.2 Å². The van der Waals surface area contributed by atoms with Gasteiger partial charge in [-0.1, -0.05) is 42.5 Å². The van der Waals surface area contributed by atoms with Gasteiger partial charge in [-0.2, -0.15) is 0 Å². The number of urea groups is 1. The molecule has 1 aliphatic heterocycles. The van der Waals surface area contributed by atoms with Gasteiger partial charge in [0, 0.05) is 30.3 Å². The summed E-state index contributed by atoms with van der Waals surface area (Å²) in [6.07, 6.45) is 1.66. The Balaban J connectivity index is 1.36. The predicted octanol–water partition coefficient (Wildman–Crippen LogP) is 4.83. The van der Waals surface area contributed by atoms with Crippen molar-refractivity contribution in [2.75, 3.05) is 18.4 Å². The van der Waals surface area contributed by atoms with Crippen molar-refractivity contribution >= 4 is 11.7 Å². The van der Waals surface area contributed by atoms with Gasteiger partial charge >= 0.3 is 6.03 Å². The van der Waals surface area contributed by atoms with Crippen molar-refractivity contribution in [3.63, 3.8) is 0 Å². The van der Waals surface area contributed by atoms with E-state index in [1.807, 2.05) is 49.4 Å². The average molecular weight is 361 g/mol. The van der Waals surface area contributed by atoms with E-state index < -0.39 is 0 Å². The zero-order valence-corrected chi connectivity index (χ0v) is 15.0. The molecular formula is C22H20FN3O. The Labute approximate surface area is 157 Å². The number of pyridine rings is 1. The van der Waals surface area contributed by atoms with Crippen molar-refractivity contribution in [2.45, 2.75) is 12.8 Å². The van der Waals surface area contributed by atoms with E-state index in [0.29, 0.717) is 30.3 Å². The van der Waals surface area contributed by atoms with Crippen LogP contribution in [0.25, 0.3) is 11.1 Å². The molecule has 0 atom stereocenters. The fraction of sp³-hybridized carbons (Fsp3) is 0.182. The number of carbonyl (C=O) groups is 1. The van der Waals surface area contributed by atoms with Crippen LogP contribution in [0.2, 0.25) is 0 Å². The van der Waals surface area contributed by atoms with Crippen LogP contribution in [-0.2, 0) is 0 Å². The molecular weight excluding hydrogens is 341 g/mol. The Kier molecular flexibility index (Phi) is 4.59. The highest BCUT2D eigenvalue weighted by Gasteiger charge is 2.31. The van der Waals surface area contributed by atoms with Gasteiger partial charge in [-0.25, -0.2) is 9.18 Å². The minimum atomic E-state index is -0.220. The van der Waals surface area contributed by atoms with Crippen LogP contribution in [0.1, 0.15) is 17.2 Å². The van der Waals surface area contributed by atoms with E-state index in [9.17, 15) is 9.18 Å². The summed E-state index contributed by atoms with van der Waals surface area (Å²) in [5.74, 6) is 0.0869. The molecule has 2 aromatic carbocycles. The standard InChI is InChI=1S/C22H20FN3O/c1-15-6-11-19(12-24-15)25-22(27)26-13-18(14-26)16-7-9-17(10-8-16)20-4-2-3-5-21(20)23/h2-12,18H,13-14H2,1H3,(H,25,27). The molecule has 1 saturated heterocycles. The summed E-state index contributed by atoms with van der Waals surface area (Å²) < 4.78 is 13.9. The number of carbonyl (C=O) groups excluding carboxylic acids is 1. The summed E-state index contributed by atoms with van der Waals surface area (Å²) >= 11 is 0. The van der Waals surface area contributed by atoms with Gasteiger partial charge < -0.3 is 10.2 Å². The largest absolute Gasteiger partial charge is 0.323 e. The molecule has 1 aliphatic rings. The van der Waals surface area contributed by atoms with Crippen molar-refractivity contribution in [3.8, 4) is 11.1 Å². The van der Waals surface area contributed by atoms with Gasteiger partial charge in [0.15, 0.2) is 0 Å². The Hall–Kier alpha value is -3.21. The molecule has 0 aliphatic carbocycles. The average Bonchev–Trinajstić information content (AvgIpc) is 2.64. The molecule has 0 spiro atoms. The highest BCUT2D eigenvalue weighted by Crippen LogP contribution is 2.30. The van der Waals surface area contributed by atoms with E-state index in [4.69, 9.17) is 0 Å². The number of likely N-dealkylation sites (tertiary alicyclic amines) is 1. The fourth-order valence-electron chi connectivity index (χ4n) is 3.23. The third-order valence-electron chi connectivity index (χ3n) is 4.90. The van der Waals surface area contributed by atoms with Crippen molar-refractivity contribution in [1.82, 2.24) is 9.88 Å². The number of amides is 2. The molecule has 1 fully saturated rings. The summed E-state index contributed by atoms with van der Waals surface area (Å²) in [6.45, 7) is 3.25. The van der Waals surface area contributed by atoms with Crippen molar-refractivity contribution in [2.24, 2.45) is 0 Å². The number of nitrogens with zero attached hydrogens (tertiary/aromatic N) is 2. The van der Waals surface area contributed by atoms with Gasteiger partial charge in [-0.05, 0) is 36.2 Å². The maximum atomic E-state index is 13.9. The van der Waals surface area contributed by atoms with E-state index in [-0.39, 0.29) is 11.8 Å². The number of hydrogen-bond donors (Lipinski definition) is 1. The Morgan fingerprint density at radius 2 is 1.81 bits per heavy atom. The smallest absolute Gasteiger partial charge is 0.321 e. The summed E-state index contributed by atoms with van der Waals surface area (Å²) in [6, 6.07) is 18.3. The molecule has 2 heterocycles. The lowest BCUT2D eigenvalue weighted by atomic mass is 9.90. The first-order valence-electron chi connectivity index (χ1n) is 8.93. The Bertz CT molecular complexity index is 948. The van der Waals surface area contributed by atoms with Crippen LogP contribution < -0.4 is 5.32 Å². The second-order valence-corrected chi connectivity index (χ2v) is 6.82. The van der Waals surface area contributed by atoms with Gasteiger partial charge in [-0.3, -0.25) is 4.98 Å². The summed E-state index contributed by atoms with van der Waals surface area (Å²) in [5.41, 5.74) is 4.23. The zero-order chi connectivity index (χ0) is 18.8. The topological polar surface area (TPSA) is 45.2 Å². The van der Waals surface area contributed by atoms with Gasteiger partial charge in [0.1, 0.15) is 5.82 Å². The fourth-order valence-corrected chi connectivity index (χ4v) is 3.23. The first-order valence-corrected chi connectivity index (χ1v) is 8.93. The predicted molar refractivity (Wildman–Crippen MR) is 104 cm³/mol. The van der Waals surface area contributed by atoms with Crippen LogP contribution in [0.15, 0.2) is 66.9 Å². The normalized spacial score (nSPS) is 13.9. The number of hydrogen-bond acceptors (Lipinski definition) is 2. The van der Waals surface area contributed by atoms with Gasteiger partial charge in [0.2, 0.25) is 0 Å². The minimum Gasteiger partial charge on any atom is -0.323 e. The molecule has 0 unspecified atom stereocenters. The van der Waals surface area contributed by atoms with Crippen LogP contribution in [0, 0.1) is 12.7 Å². The van der Waals surface area contributed by atoms with Crippen LogP contribution in [0.4, 0.5) is 14.9 Å². The summed E-state index contributed by atoms with van der Waals surface area (Å²) in [4.78, 5) is 18.2. The van der Waals surface area contributed by atoms with Gasteiger partial charge in [0.05, 0.1) is 11.9 Å². The molecule has 5 heteroatoms. The SMILES string of the molecule is Cc1ccc(NC(=O)N2CC(c3ccc(-c4ccccc4F)cc3)C2)cn1. The molecule has 27 heavy (non-hydrogen) atoms. The number of aryl methyl sites for hydroxylation is 1. The molecule has 0 saturated carbocycles. The van der Waals surface area contributed by atoms with Crippen molar-refractivity contribution in [1.29, 1.82) is 0 Å². The number of benzene rings is 2. The number of nitrogens with one attached hydrogen (secondary N) is 1. The number of aromatic nitrogens is 1. The first-order chi connectivity index (χ1) is 13.1. The molecule has 0 radical (unpaired) electrons. The molecule has 136 valence electrons. The summed E-state index contributed by atoms with van der Waals surface area (Å²) in [5, 5.41) is 2.86. The van der Waals surface area contributed by atoms with E-state index >= 15 is 0 Å². The second-order valence-electron chi connectivity index (χ2n) is 6.82. The van der Waals surface area contributed by atoms with Crippen LogP contribution in [0.5, 0.6) is 0 Å². The lowest BCUT2D eigenvalue weighted by Crippen LogP contribution is -2.50. The molecule has 1 N–H and O–H groups in total. The Morgan fingerprint density at radius 1 is 1.07 bits per heavy atom. The zero-order valence-electron chi connectivity index (χ0n) is 15.0. The third-order valence-corrected chi connectivity index (χ3v) is 4.90. The molecule has 1 aromatic heterocycles. The van der Waals surface area contributed by atoms with E-state index in [2.05, 4.69) is 10.3 Å². The maximum absolute atomic E-state index is 13.9. The van der Waals surface area contributed by atoms with Crippen molar-refractivity contribution < 1.29 is 9.18 Å². The molecule has 4 rings (SSSR count). The van der Waals surface area contributed by atoms with E-state index in [0.717, 1.165) is 16.8 Å². The molecule has 0 bridgehead atoms. The highest BCUT2D eigenvalue weighted by molar-refractivity contribution is 5.89. The van der Waals surface area contributed by atoms with Gasteiger partial charge in [0.25, 0.3) is 0 Å². The van der Waals surface area contributed by atoms with Gasteiger partial charge in [-0.15, -0.1) is 0 Å². The van der Waals surface area contributed by atoms with E-state index in [1.165, 1.54) is 6.07 Å². The van der Waals surface area contributed by atoms with Crippen LogP contribution in [-0.4, -0.2) is 29.0 Å². The summed E-state index contributed by atoms with van der Waals surface area (Å²) in [7, 11) is 0. The first kappa shape index (κ1) is 17.2. The number of halogens is 1. The minimum absolute atomic E-state index is 0.111. The molecule has 3 aromatic rings. The quantitative estimate of drug-likeness (QED) is 0.726. The molecule has 2 amide bonds.